The van der Waals surface area contributed by atoms with Gasteiger partial charge in [-0.25, -0.2) is 0 Å². The zero-order valence-electron chi connectivity index (χ0n) is 12.1. The molecule has 1 N–H and O–H groups in total. The smallest absolute Gasteiger partial charge is 0.169 e. The van der Waals surface area contributed by atoms with Crippen molar-refractivity contribution in [1.29, 1.82) is 0 Å². The lowest BCUT2D eigenvalue weighted by Gasteiger charge is -2.49. The molecule has 1 aromatic rings. The molecule has 1 spiro atoms. The van der Waals surface area contributed by atoms with Crippen LogP contribution >= 0.6 is 0 Å². The number of allylic oxidation sites excluding steroid dienone is 2. The molecule has 0 saturated heterocycles. The number of hydrogen-bond donors (Lipinski definition) is 1. The molecule has 2 unspecified atom stereocenters. The first-order valence-corrected chi connectivity index (χ1v) is 7.74. The van der Waals surface area contributed by atoms with E-state index in [1.54, 1.807) is 13.2 Å². The van der Waals surface area contributed by atoms with Gasteiger partial charge in [0.1, 0.15) is 5.76 Å². The first-order valence-electron chi connectivity index (χ1n) is 7.74. The fraction of sp³-hybridized carbons (Fsp3) is 0.444. The SMILES string of the molecule is COC1=CC=C2[C@@H]3CCCC24c2c(ccc(O)c2OC14)C3. The van der Waals surface area contributed by atoms with Crippen LogP contribution in [0.3, 0.4) is 0 Å². The van der Waals surface area contributed by atoms with Gasteiger partial charge >= 0.3 is 0 Å². The summed E-state index contributed by atoms with van der Waals surface area (Å²) in [7, 11) is 1.71. The maximum atomic E-state index is 10.3. The van der Waals surface area contributed by atoms with Gasteiger partial charge in [-0.05, 0) is 42.9 Å². The Labute approximate surface area is 123 Å². The Morgan fingerprint density at radius 1 is 1.33 bits per heavy atom. The molecule has 21 heavy (non-hydrogen) atoms. The van der Waals surface area contributed by atoms with Gasteiger partial charge in [0.25, 0.3) is 0 Å². The van der Waals surface area contributed by atoms with Crippen molar-refractivity contribution in [3.8, 4) is 11.5 Å². The topological polar surface area (TPSA) is 38.7 Å². The maximum Gasteiger partial charge on any atom is 0.169 e. The average molecular weight is 282 g/mol. The Bertz CT molecular complexity index is 715. The van der Waals surface area contributed by atoms with E-state index in [9.17, 15) is 5.11 Å². The van der Waals surface area contributed by atoms with Gasteiger partial charge in [-0.3, -0.25) is 0 Å². The Morgan fingerprint density at radius 2 is 2.24 bits per heavy atom. The van der Waals surface area contributed by atoms with Crippen LogP contribution in [0.1, 0.15) is 30.4 Å². The third-order valence-corrected chi connectivity index (χ3v) is 5.82. The predicted octanol–water partition coefficient (Wildman–Crippen LogP) is 3.22. The van der Waals surface area contributed by atoms with E-state index in [2.05, 4.69) is 18.2 Å². The van der Waals surface area contributed by atoms with Gasteiger partial charge < -0.3 is 14.6 Å². The normalized spacial score (nSPS) is 34.5. The minimum atomic E-state index is -0.104. The molecule has 0 amide bonds. The summed E-state index contributed by atoms with van der Waals surface area (Å²) in [5.41, 5.74) is 3.99. The fourth-order valence-electron chi connectivity index (χ4n) is 5.08. The molecule has 5 rings (SSSR count). The van der Waals surface area contributed by atoms with E-state index in [0.717, 1.165) is 18.6 Å². The van der Waals surface area contributed by atoms with Gasteiger partial charge in [0, 0.05) is 5.56 Å². The molecule has 3 aliphatic carbocycles. The molecule has 1 fully saturated rings. The van der Waals surface area contributed by atoms with Crippen molar-refractivity contribution < 1.29 is 14.6 Å². The minimum absolute atomic E-state index is 0.0926. The van der Waals surface area contributed by atoms with Crippen LogP contribution in [0.15, 0.2) is 35.6 Å². The van der Waals surface area contributed by atoms with Crippen molar-refractivity contribution in [1.82, 2.24) is 0 Å². The number of ether oxygens (including phenoxy) is 2. The van der Waals surface area contributed by atoms with Crippen LogP contribution in [0.5, 0.6) is 11.5 Å². The molecule has 1 aromatic carbocycles. The summed E-state index contributed by atoms with van der Waals surface area (Å²) in [6.07, 6.45) is 8.84. The predicted molar refractivity (Wildman–Crippen MR) is 78.4 cm³/mol. The Morgan fingerprint density at radius 3 is 3.10 bits per heavy atom. The molecule has 2 bridgehead atoms. The molecule has 1 aliphatic heterocycles. The number of phenolic OH excluding ortho intramolecular Hbond substituents is 1. The number of methoxy groups -OCH3 is 1. The first-order chi connectivity index (χ1) is 10.3. The molecular weight excluding hydrogens is 264 g/mol. The summed E-state index contributed by atoms with van der Waals surface area (Å²) in [6, 6.07) is 3.87. The fourth-order valence-corrected chi connectivity index (χ4v) is 5.08. The quantitative estimate of drug-likeness (QED) is 0.859. The molecule has 108 valence electrons. The number of rotatable bonds is 1. The Balaban J connectivity index is 1.87. The number of benzene rings is 1. The summed E-state index contributed by atoms with van der Waals surface area (Å²) in [6.45, 7) is 0. The van der Waals surface area contributed by atoms with Crippen LogP contribution in [0, 0.1) is 5.92 Å². The highest BCUT2D eigenvalue weighted by atomic mass is 16.5. The number of aromatic hydroxyl groups is 1. The monoisotopic (exact) mass is 282 g/mol. The summed E-state index contributed by atoms with van der Waals surface area (Å²) in [4.78, 5) is 0. The van der Waals surface area contributed by atoms with Crippen molar-refractivity contribution >= 4 is 0 Å². The molecule has 1 heterocycles. The van der Waals surface area contributed by atoms with E-state index in [1.807, 2.05) is 0 Å². The third kappa shape index (κ3) is 1.18. The molecule has 0 radical (unpaired) electrons. The molecule has 3 heteroatoms. The highest BCUT2D eigenvalue weighted by Gasteiger charge is 2.60. The molecule has 3 nitrogen and oxygen atoms in total. The van der Waals surface area contributed by atoms with Crippen LogP contribution in [-0.4, -0.2) is 18.3 Å². The molecule has 3 atom stereocenters. The van der Waals surface area contributed by atoms with Gasteiger partial charge in [0.15, 0.2) is 17.6 Å². The second-order valence-electron chi connectivity index (χ2n) is 6.61. The van der Waals surface area contributed by atoms with E-state index >= 15 is 0 Å². The van der Waals surface area contributed by atoms with E-state index < -0.39 is 0 Å². The van der Waals surface area contributed by atoms with Crippen molar-refractivity contribution in [2.75, 3.05) is 7.11 Å². The molecule has 1 saturated carbocycles. The highest BCUT2D eigenvalue weighted by molar-refractivity contribution is 5.66. The van der Waals surface area contributed by atoms with Gasteiger partial charge in [0.05, 0.1) is 12.5 Å². The van der Waals surface area contributed by atoms with Crippen LogP contribution < -0.4 is 4.74 Å². The van der Waals surface area contributed by atoms with Crippen molar-refractivity contribution in [3.63, 3.8) is 0 Å². The van der Waals surface area contributed by atoms with E-state index in [1.165, 1.54) is 29.5 Å². The van der Waals surface area contributed by atoms with Crippen LogP contribution in [0.4, 0.5) is 0 Å². The van der Waals surface area contributed by atoms with Crippen LogP contribution in [-0.2, 0) is 16.6 Å². The van der Waals surface area contributed by atoms with E-state index in [0.29, 0.717) is 11.7 Å². The second kappa shape index (κ2) is 3.65. The zero-order chi connectivity index (χ0) is 14.2. The molecule has 4 aliphatic rings. The summed E-state index contributed by atoms with van der Waals surface area (Å²) < 4.78 is 11.8. The van der Waals surface area contributed by atoms with Crippen molar-refractivity contribution in [3.05, 3.63) is 46.7 Å². The van der Waals surface area contributed by atoms with E-state index in [4.69, 9.17) is 9.47 Å². The lowest BCUT2D eigenvalue weighted by atomic mass is 9.53. The Kier molecular flexibility index (Phi) is 2.04. The van der Waals surface area contributed by atoms with Gasteiger partial charge in [-0.15, -0.1) is 0 Å². The summed E-state index contributed by atoms with van der Waals surface area (Å²) in [5.74, 6) is 2.44. The summed E-state index contributed by atoms with van der Waals surface area (Å²) in [5, 5.41) is 10.3. The number of hydrogen-bond acceptors (Lipinski definition) is 3. The first kappa shape index (κ1) is 11.7. The summed E-state index contributed by atoms with van der Waals surface area (Å²) >= 11 is 0. The standard InChI is InChI=1S/C18H18O3/c1-20-14-7-5-12-10-3-2-8-18(12)15-11(9-10)4-6-13(19)16(15)21-17(14)18/h4-7,10,17,19H,2-3,8-9H2,1H3/t10-,17?,18?/m1/s1. The third-order valence-electron chi connectivity index (χ3n) is 5.82. The van der Waals surface area contributed by atoms with Gasteiger partial charge in [-0.1, -0.05) is 24.1 Å². The minimum Gasteiger partial charge on any atom is -0.504 e. The number of phenols is 1. The van der Waals surface area contributed by atoms with Gasteiger partial charge in [-0.2, -0.15) is 0 Å². The lowest BCUT2D eigenvalue weighted by molar-refractivity contribution is 0.0948. The Hall–Kier alpha value is -1.90. The van der Waals surface area contributed by atoms with Crippen molar-refractivity contribution in [2.45, 2.75) is 37.2 Å². The van der Waals surface area contributed by atoms with E-state index in [-0.39, 0.29) is 17.3 Å². The van der Waals surface area contributed by atoms with Gasteiger partial charge in [0.2, 0.25) is 0 Å². The largest absolute Gasteiger partial charge is 0.504 e. The lowest BCUT2D eigenvalue weighted by Crippen LogP contribution is -2.50. The average Bonchev–Trinajstić information content (AvgIpc) is 2.83. The zero-order valence-corrected chi connectivity index (χ0v) is 12.1. The molecule has 0 aromatic heterocycles. The van der Waals surface area contributed by atoms with Crippen molar-refractivity contribution in [2.24, 2.45) is 5.92 Å². The molecular formula is C18H18O3. The van der Waals surface area contributed by atoms with Crippen LogP contribution in [0.25, 0.3) is 0 Å². The maximum absolute atomic E-state index is 10.3. The second-order valence-corrected chi connectivity index (χ2v) is 6.61. The van der Waals surface area contributed by atoms with Crippen LogP contribution in [0.2, 0.25) is 0 Å². The highest BCUT2D eigenvalue weighted by Crippen LogP contribution is 2.64.